The molecule has 0 radical (unpaired) electrons. The lowest BCUT2D eigenvalue weighted by atomic mass is 10.1. The number of nitrogens with one attached hydrogen (secondary N) is 1. The van der Waals surface area contributed by atoms with Gasteiger partial charge in [0.2, 0.25) is 10.0 Å². The Labute approximate surface area is 108 Å². The Balaban J connectivity index is 2.28. The van der Waals surface area contributed by atoms with E-state index < -0.39 is 10.0 Å². The quantitative estimate of drug-likeness (QED) is 0.644. The van der Waals surface area contributed by atoms with Gasteiger partial charge in [0, 0.05) is 18.3 Å². The van der Waals surface area contributed by atoms with Crippen molar-refractivity contribution in [3.8, 4) is 0 Å². The van der Waals surface area contributed by atoms with Gasteiger partial charge in [-0.2, -0.15) is 4.31 Å². The molecule has 18 heavy (non-hydrogen) atoms. The first kappa shape index (κ1) is 13.3. The first-order chi connectivity index (χ1) is 8.55. The molecule has 1 aliphatic rings. The molecule has 3 N–H and O–H groups in total. The predicted octanol–water partition coefficient (Wildman–Crippen LogP) is 1.54. The van der Waals surface area contributed by atoms with E-state index in [-0.39, 0.29) is 6.04 Å². The van der Waals surface area contributed by atoms with Crippen LogP contribution in [0.25, 0.3) is 0 Å². The van der Waals surface area contributed by atoms with Crippen LogP contribution in [-0.4, -0.2) is 25.3 Å². The van der Waals surface area contributed by atoms with Crippen molar-refractivity contribution in [1.29, 1.82) is 0 Å². The Morgan fingerprint density at radius 1 is 1.28 bits per heavy atom. The molecule has 1 atom stereocenters. The number of nitrogens with two attached hydrogens (primary N) is 1. The summed E-state index contributed by atoms with van der Waals surface area (Å²) in [5.41, 5.74) is 3.18. The summed E-state index contributed by atoms with van der Waals surface area (Å²) >= 11 is 0. The third kappa shape index (κ3) is 2.50. The maximum absolute atomic E-state index is 12.5. The van der Waals surface area contributed by atoms with Gasteiger partial charge in [-0.25, -0.2) is 8.42 Å². The number of nitrogen functional groups attached to an aromatic ring is 1. The monoisotopic (exact) mass is 269 g/mol. The van der Waals surface area contributed by atoms with E-state index in [1.807, 2.05) is 6.92 Å². The molecule has 1 aromatic rings. The average Bonchev–Trinajstić information content (AvgIpc) is 2.39. The number of hydrogen-bond acceptors (Lipinski definition) is 4. The van der Waals surface area contributed by atoms with Gasteiger partial charge in [-0.05, 0) is 44.0 Å². The van der Waals surface area contributed by atoms with E-state index in [1.54, 1.807) is 28.6 Å². The molecule has 1 heterocycles. The molecule has 5 nitrogen and oxygen atoms in total. The molecule has 100 valence electrons. The maximum Gasteiger partial charge on any atom is 0.243 e. The van der Waals surface area contributed by atoms with Crippen LogP contribution in [0, 0.1) is 0 Å². The number of piperidine rings is 1. The van der Waals surface area contributed by atoms with Gasteiger partial charge in [0.25, 0.3) is 0 Å². The second kappa shape index (κ2) is 5.26. The molecule has 6 heteroatoms. The number of sulfonamides is 1. The number of nitrogens with zero attached hydrogens (tertiary/aromatic N) is 1. The minimum absolute atomic E-state index is 0.0797. The highest BCUT2D eigenvalue weighted by Crippen LogP contribution is 2.25. The Morgan fingerprint density at radius 3 is 2.50 bits per heavy atom. The fourth-order valence-corrected chi connectivity index (χ4v) is 3.99. The molecular formula is C12H19N3O2S. The van der Waals surface area contributed by atoms with Crippen LogP contribution in [0.5, 0.6) is 0 Å². The van der Waals surface area contributed by atoms with Gasteiger partial charge in [-0.1, -0.05) is 6.42 Å². The van der Waals surface area contributed by atoms with Crippen LogP contribution < -0.4 is 11.3 Å². The Kier molecular flexibility index (Phi) is 3.89. The van der Waals surface area contributed by atoms with Crippen molar-refractivity contribution in [3.05, 3.63) is 24.3 Å². The molecule has 0 aromatic heterocycles. The summed E-state index contributed by atoms with van der Waals surface area (Å²) in [6.45, 7) is 2.58. The zero-order chi connectivity index (χ0) is 13.2. The van der Waals surface area contributed by atoms with Crippen LogP contribution in [0.15, 0.2) is 29.2 Å². The van der Waals surface area contributed by atoms with Gasteiger partial charge in [0.1, 0.15) is 0 Å². The van der Waals surface area contributed by atoms with Crippen molar-refractivity contribution in [2.24, 2.45) is 5.84 Å². The fraction of sp³-hybridized carbons (Fsp3) is 0.500. The third-order valence-electron chi connectivity index (χ3n) is 3.37. The van der Waals surface area contributed by atoms with Crippen molar-refractivity contribution in [2.45, 2.75) is 37.1 Å². The number of rotatable bonds is 3. The second-order valence-electron chi connectivity index (χ2n) is 4.63. The van der Waals surface area contributed by atoms with Crippen LogP contribution in [0.1, 0.15) is 26.2 Å². The van der Waals surface area contributed by atoms with Gasteiger partial charge < -0.3 is 5.43 Å². The lowest BCUT2D eigenvalue weighted by molar-refractivity contribution is 0.268. The fourth-order valence-electron chi connectivity index (χ4n) is 2.29. The summed E-state index contributed by atoms with van der Waals surface area (Å²) in [4.78, 5) is 0.329. The summed E-state index contributed by atoms with van der Waals surface area (Å²) in [7, 11) is -3.37. The van der Waals surface area contributed by atoms with Crippen LogP contribution in [0.2, 0.25) is 0 Å². The van der Waals surface area contributed by atoms with E-state index in [2.05, 4.69) is 5.43 Å². The van der Waals surface area contributed by atoms with E-state index in [0.29, 0.717) is 17.1 Å². The van der Waals surface area contributed by atoms with E-state index in [1.165, 1.54) is 0 Å². The summed E-state index contributed by atoms with van der Waals surface area (Å²) in [6.07, 6.45) is 2.97. The summed E-state index contributed by atoms with van der Waals surface area (Å²) < 4.78 is 26.5. The van der Waals surface area contributed by atoms with Crippen LogP contribution in [0.4, 0.5) is 5.69 Å². The Hall–Kier alpha value is -1.11. The Morgan fingerprint density at radius 2 is 1.94 bits per heavy atom. The average molecular weight is 269 g/mol. The van der Waals surface area contributed by atoms with Gasteiger partial charge in [-0.3, -0.25) is 5.84 Å². The standard InChI is InChI=1S/C12H19N3O2S/c1-10-4-2-3-9-15(10)18(16,17)12-7-5-11(14-13)6-8-12/h5-8,10,14H,2-4,9,13H2,1H3. The predicted molar refractivity (Wildman–Crippen MR) is 71.5 cm³/mol. The molecule has 0 saturated carbocycles. The smallest absolute Gasteiger partial charge is 0.243 e. The van der Waals surface area contributed by atoms with Gasteiger partial charge in [0.15, 0.2) is 0 Å². The van der Waals surface area contributed by atoms with Crippen LogP contribution in [0.3, 0.4) is 0 Å². The molecule has 1 aromatic carbocycles. The zero-order valence-corrected chi connectivity index (χ0v) is 11.3. The van der Waals surface area contributed by atoms with Crippen molar-refractivity contribution in [1.82, 2.24) is 4.31 Å². The minimum atomic E-state index is -3.37. The van der Waals surface area contributed by atoms with Crippen molar-refractivity contribution in [2.75, 3.05) is 12.0 Å². The summed E-state index contributed by atoms with van der Waals surface area (Å²) in [5, 5.41) is 0. The molecule has 1 saturated heterocycles. The lowest BCUT2D eigenvalue weighted by Crippen LogP contribution is -2.41. The molecule has 1 unspecified atom stereocenters. The van der Waals surface area contributed by atoms with E-state index in [0.717, 1.165) is 19.3 Å². The normalized spacial score (nSPS) is 21.8. The van der Waals surface area contributed by atoms with Gasteiger partial charge in [-0.15, -0.1) is 0 Å². The number of hydrazine groups is 1. The molecule has 0 amide bonds. The number of benzene rings is 1. The first-order valence-corrected chi connectivity index (χ1v) is 7.58. The van der Waals surface area contributed by atoms with E-state index >= 15 is 0 Å². The topological polar surface area (TPSA) is 75.4 Å². The maximum atomic E-state index is 12.5. The molecule has 0 spiro atoms. The van der Waals surface area contributed by atoms with Gasteiger partial charge in [0.05, 0.1) is 4.90 Å². The van der Waals surface area contributed by atoms with Crippen LogP contribution >= 0.6 is 0 Å². The largest absolute Gasteiger partial charge is 0.324 e. The lowest BCUT2D eigenvalue weighted by Gasteiger charge is -2.32. The minimum Gasteiger partial charge on any atom is -0.324 e. The number of hydrogen-bond donors (Lipinski definition) is 2. The highest BCUT2D eigenvalue weighted by atomic mass is 32.2. The van der Waals surface area contributed by atoms with E-state index in [4.69, 9.17) is 5.84 Å². The molecule has 1 aliphatic heterocycles. The number of anilines is 1. The summed E-state index contributed by atoms with van der Waals surface area (Å²) in [5.74, 6) is 5.26. The van der Waals surface area contributed by atoms with Crippen molar-refractivity contribution >= 4 is 15.7 Å². The first-order valence-electron chi connectivity index (χ1n) is 6.14. The van der Waals surface area contributed by atoms with Gasteiger partial charge >= 0.3 is 0 Å². The highest BCUT2D eigenvalue weighted by Gasteiger charge is 2.30. The SMILES string of the molecule is CC1CCCCN1S(=O)(=O)c1ccc(NN)cc1. The third-order valence-corrected chi connectivity index (χ3v) is 5.40. The second-order valence-corrected chi connectivity index (χ2v) is 6.52. The molecule has 1 fully saturated rings. The Bertz CT molecular complexity index is 499. The molecular weight excluding hydrogens is 250 g/mol. The molecule has 0 bridgehead atoms. The van der Waals surface area contributed by atoms with Crippen molar-refractivity contribution < 1.29 is 8.42 Å². The van der Waals surface area contributed by atoms with E-state index in [9.17, 15) is 8.42 Å². The zero-order valence-electron chi connectivity index (χ0n) is 10.5. The molecule has 0 aliphatic carbocycles. The summed E-state index contributed by atoms with van der Waals surface area (Å²) in [6, 6.07) is 6.59. The molecule has 2 rings (SSSR count). The van der Waals surface area contributed by atoms with Crippen LogP contribution in [-0.2, 0) is 10.0 Å². The highest BCUT2D eigenvalue weighted by molar-refractivity contribution is 7.89. The van der Waals surface area contributed by atoms with Crippen molar-refractivity contribution in [3.63, 3.8) is 0 Å².